The maximum absolute atomic E-state index is 13.3. The molecule has 2 fully saturated rings. The Bertz CT molecular complexity index is 1200. The van der Waals surface area contributed by atoms with Gasteiger partial charge in [-0.3, -0.25) is 14.5 Å². The highest BCUT2D eigenvalue weighted by atomic mass is 16.5. The Morgan fingerprint density at radius 2 is 1.65 bits per heavy atom. The normalized spacial score (nSPS) is 20.6. The van der Waals surface area contributed by atoms with Gasteiger partial charge in [-0.05, 0) is 66.8 Å². The van der Waals surface area contributed by atoms with Crippen LogP contribution in [0, 0.1) is 5.92 Å². The van der Waals surface area contributed by atoms with E-state index >= 15 is 0 Å². The molecule has 1 amide bonds. The van der Waals surface area contributed by atoms with Crippen molar-refractivity contribution in [3.63, 3.8) is 0 Å². The molecule has 0 spiro atoms. The Labute approximate surface area is 198 Å². The van der Waals surface area contributed by atoms with Crippen LogP contribution in [-0.4, -0.2) is 29.9 Å². The standard InChI is InChI=1S/C28H27NO5/c1-33-23-13-9-20(10-14-23)26(30)24-25(19-5-3-2-4-6-19)29(28(32)27(24)31)22-11-7-18(8-12-22)21-15-16-34-17-21/h7-17,19,25,30H,2-6H2,1H3. The van der Waals surface area contributed by atoms with E-state index in [1.165, 1.54) is 0 Å². The molecule has 1 N–H and O–H groups in total. The van der Waals surface area contributed by atoms with Gasteiger partial charge in [0.1, 0.15) is 11.5 Å². The summed E-state index contributed by atoms with van der Waals surface area (Å²) in [4.78, 5) is 28.2. The average Bonchev–Trinajstić information content (AvgIpc) is 3.52. The summed E-state index contributed by atoms with van der Waals surface area (Å²) in [6.07, 6.45) is 8.35. The summed E-state index contributed by atoms with van der Waals surface area (Å²) in [6.45, 7) is 0. The summed E-state index contributed by atoms with van der Waals surface area (Å²) in [6, 6.07) is 15.8. The molecule has 1 aromatic heterocycles. The molecular formula is C28H27NO5. The number of carbonyl (C=O) groups excluding carboxylic acids is 2. The van der Waals surface area contributed by atoms with Crippen molar-refractivity contribution in [2.24, 2.45) is 5.92 Å². The average molecular weight is 458 g/mol. The van der Waals surface area contributed by atoms with Crippen LogP contribution in [-0.2, 0) is 9.59 Å². The van der Waals surface area contributed by atoms with Gasteiger partial charge in [-0.15, -0.1) is 0 Å². The number of hydrogen-bond acceptors (Lipinski definition) is 5. The molecule has 1 atom stereocenters. The van der Waals surface area contributed by atoms with Gasteiger partial charge in [0.25, 0.3) is 11.7 Å². The maximum atomic E-state index is 13.3. The summed E-state index contributed by atoms with van der Waals surface area (Å²) in [7, 11) is 1.57. The molecule has 3 aromatic rings. The summed E-state index contributed by atoms with van der Waals surface area (Å²) in [5, 5.41) is 11.2. The predicted molar refractivity (Wildman–Crippen MR) is 130 cm³/mol. The third-order valence-electron chi connectivity index (χ3n) is 6.95. The fourth-order valence-corrected chi connectivity index (χ4v) is 5.18. The molecule has 1 unspecified atom stereocenters. The first-order valence-corrected chi connectivity index (χ1v) is 11.7. The number of ketones is 1. The van der Waals surface area contributed by atoms with Crippen molar-refractivity contribution < 1.29 is 23.8 Å². The molecule has 6 nitrogen and oxygen atoms in total. The summed E-state index contributed by atoms with van der Waals surface area (Å²) < 4.78 is 10.4. The lowest BCUT2D eigenvalue weighted by Gasteiger charge is -2.34. The number of rotatable bonds is 5. The van der Waals surface area contributed by atoms with E-state index in [1.54, 1.807) is 48.8 Å². The number of anilines is 1. The van der Waals surface area contributed by atoms with Crippen molar-refractivity contribution in [2.45, 2.75) is 38.1 Å². The Hall–Kier alpha value is -3.80. The number of methoxy groups -OCH3 is 1. The second-order valence-electron chi connectivity index (χ2n) is 8.90. The van der Waals surface area contributed by atoms with E-state index in [0.29, 0.717) is 17.0 Å². The largest absolute Gasteiger partial charge is 0.507 e. The van der Waals surface area contributed by atoms with Gasteiger partial charge in [0.2, 0.25) is 0 Å². The highest BCUT2D eigenvalue weighted by molar-refractivity contribution is 6.51. The number of aliphatic hydroxyl groups is 1. The number of amides is 1. The van der Waals surface area contributed by atoms with Gasteiger partial charge in [0, 0.05) is 16.8 Å². The molecule has 2 heterocycles. The van der Waals surface area contributed by atoms with Crippen molar-refractivity contribution >= 4 is 23.1 Å². The molecule has 6 heteroatoms. The van der Waals surface area contributed by atoms with Crippen LogP contribution in [0.2, 0.25) is 0 Å². The van der Waals surface area contributed by atoms with Crippen LogP contribution in [0.15, 0.2) is 77.1 Å². The van der Waals surface area contributed by atoms with Gasteiger partial charge in [-0.2, -0.15) is 0 Å². The van der Waals surface area contributed by atoms with Crippen molar-refractivity contribution in [2.75, 3.05) is 12.0 Å². The summed E-state index contributed by atoms with van der Waals surface area (Å²) in [5.41, 5.74) is 3.24. The Morgan fingerprint density at radius 1 is 0.941 bits per heavy atom. The van der Waals surface area contributed by atoms with E-state index < -0.39 is 17.7 Å². The number of benzene rings is 2. The van der Waals surface area contributed by atoms with Crippen LogP contribution in [0.4, 0.5) is 5.69 Å². The minimum Gasteiger partial charge on any atom is -0.507 e. The van der Waals surface area contributed by atoms with Gasteiger partial charge in [0.05, 0.1) is 31.3 Å². The van der Waals surface area contributed by atoms with E-state index in [9.17, 15) is 14.7 Å². The number of Topliss-reactive ketones (excluding diaryl/α,β-unsaturated/α-hetero) is 1. The van der Waals surface area contributed by atoms with Crippen molar-refractivity contribution in [3.05, 3.63) is 78.3 Å². The number of nitrogens with zero attached hydrogens (tertiary/aromatic N) is 1. The Morgan fingerprint density at radius 3 is 2.26 bits per heavy atom. The molecule has 2 aliphatic rings. The molecule has 5 rings (SSSR count). The number of furan rings is 1. The van der Waals surface area contributed by atoms with E-state index in [2.05, 4.69) is 0 Å². The van der Waals surface area contributed by atoms with Crippen LogP contribution in [0.3, 0.4) is 0 Å². The molecule has 1 saturated heterocycles. The number of carbonyl (C=O) groups is 2. The molecule has 1 aliphatic carbocycles. The van der Waals surface area contributed by atoms with Gasteiger partial charge < -0.3 is 14.3 Å². The monoisotopic (exact) mass is 457 g/mol. The fourth-order valence-electron chi connectivity index (χ4n) is 5.18. The zero-order valence-electron chi connectivity index (χ0n) is 19.1. The Balaban J connectivity index is 1.58. The lowest BCUT2D eigenvalue weighted by atomic mass is 9.80. The molecule has 34 heavy (non-hydrogen) atoms. The van der Waals surface area contributed by atoms with E-state index in [0.717, 1.165) is 43.2 Å². The molecule has 0 bridgehead atoms. The minimum absolute atomic E-state index is 0.105. The first-order chi connectivity index (χ1) is 16.6. The van der Waals surface area contributed by atoms with Crippen LogP contribution >= 0.6 is 0 Å². The third-order valence-corrected chi connectivity index (χ3v) is 6.95. The van der Waals surface area contributed by atoms with Crippen molar-refractivity contribution in [1.29, 1.82) is 0 Å². The van der Waals surface area contributed by atoms with E-state index in [4.69, 9.17) is 9.15 Å². The second-order valence-corrected chi connectivity index (χ2v) is 8.90. The first kappa shape index (κ1) is 22.0. The van der Waals surface area contributed by atoms with Crippen LogP contribution in [0.5, 0.6) is 5.75 Å². The lowest BCUT2D eigenvalue weighted by Crippen LogP contribution is -2.40. The number of hydrogen-bond donors (Lipinski definition) is 1. The smallest absolute Gasteiger partial charge is 0.299 e. The summed E-state index contributed by atoms with van der Waals surface area (Å²) >= 11 is 0. The van der Waals surface area contributed by atoms with Crippen LogP contribution < -0.4 is 9.64 Å². The third kappa shape index (κ3) is 3.89. The number of aliphatic hydroxyl groups excluding tert-OH is 1. The summed E-state index contributed by atoms with van der Waals surface area (Å²) in [5.74, 6) is -0.606. The zero-order valence-corrected chi connectivity index (χ0v) is 19.1. The zero-order chi connectivity index (χ0) is 23.7. The van der Waals surface area contributed by atoms with Crippen molar-refractivity contribution in [1.82, 2.24) is 0 Å². The van der Waals surface area contributed by atoms with Gasteiger partial charge in [-0.25, -0.2) is 0 Å². The molecule has 1 aliphatic heterocycles. The topological polar surface area (TPSA) is 80.0 Å². The first-order valence-electron chi connectivity index (χ1n) is 11.7. The molecule has 174 valence electrons. The quantitative estimate of drug-likeness (QED) is 0.298. The molecule has 0 radical (unpaired) electrons. The second kappa shape index (κ2) is 9.21. The fraction of sp³-hybridized carbons (Fsp3) is 0.286. The van der Waals surface area contributed by atoms with Gasteiger partial charge in [0.15, 0.2) is 0 Å². The lowest BCUT2D eigenvalue weighted by molar-refractivity contribution is -0.132. The highest BCUT2D eigenvalue weighted by Gasteiger charge is 2.49. The Kier molecular flexibility index (Phi) is 5.97. The van der Waals surface area contributed by atoms with Crippen LogP contribution in [0.25, 0.3) is 16.9 Å². The highest BCUT2D eigenvalue weighted by Crippen LogP contribution is 2.41. The van der Waals surface area contributed by atoms with Gasteiger partial charge in [-0.1, -0.05) is 31.4 Å². The van der Waals surface area contributed by atoms with Gasteiger partial charge >= 0.3 is 0 Å². The van der Waals surface area contributed by atoms with Crippen molar-refractivity contribution in [3.8, 4) is 16.9 Å². The van der Waals surface area contributed by atoms with E-state index in [1.807, 2.05) is 30.3 Å². The molecule has 2 aromatic carbocycles. The van der Waals surface area contributed by atoms with E-state index in [-0.39, 0.29) is 17.3 Å². The molecular weight excluding hydrogens is 430 g/mol. The maximum Gasteiger partial charge on any atom is 0.299 e. The van der Waals surface area contributed by atoms with Crippen LogP contribution in [0.1, 0.15) is 37.7 Å². The minimum atomic E-state index is -0.636. The number of ether oxygens (including phenoxy) is 1. The molecule has 1 saturated carbocycles. The predicted octanol–water partition coefficient (Wildman–Crippen LogP) is 5.79. The SMILES string of the molecule is COc1ccc(C(O)=C2C(=O)C(=O)N(c3ccc(-c4ccoc4)cc3)C2C2CCCCC2)cc1.